The molecule has 0 saturated carbocycles. The Kier molecular flexibility index (Phi) is 13.2. The van der Waals surface area contributed by atoms with Gasteiger partial charge in [0.05, 0.1) is 13.0 Å². The van der Waals surface area contributed by atoms with Crippen molar-refractivity contribution in [1.82, 2.24) is 0 Å². The molecule has 0 aliphatic heterocycles. The number of aliphatic carboxylic acids is 1. The van der Waals surface area contributed by atoms with Gasteiger partial charge in [0, 0.05) is 0 Å². The zero-order valence-corrected chi connectivity index (χ0v) is 8.72. The highest BCUT2D eigenvalue weighted by Crippen LogP contribution is 1.91. The third kappa shape index (κ3) is 13.4. The van der Waals surface area contributed by atoms with Gasteiger partial charge in [-0.1, -0.05) is 13.8 Å². The number of ether oxygens (including phenoxy) is 1. The quantitative estimate of drug-likeness (QED) is 0.623. The fraction of sp³-hybridized carbons (Fsp3) is 0.750. The van der Waals surface area contributed by atoms with E-state index in [4.69, 9.17) is 10.2 Å². The Morgan fingerprint density at radius 1 is 1.21 bits per heavy atom. The number of rotatable bonds is 2. The van der Waals surface area contributed by atoms with Gasteiger partial charge in [0.15, 0.2) is 0 Å². The fourth-order valence-corrected chi connectivity index (χ4v) is 0.236. The second-order valence-electron chi connectivity index (χ2n) is 2.69. The molecule has 6 heteroatoms. The summed E-state index contributed by atoms with van der Waals surface area (Å²) in [6.45, 7) is 4.79. The highest BCUT2D eigenvalue weighted by molar-refractivity contribution is 5.71. The van der Waals surface area contributed by atoms with Crippen molar-refractivity contribution in [3.63, 3.8) is 0 Å². The predicted octanol–water partition coefficient (Wildman–Crippen LogP) is 0.0904. The first-order chi connectivity index (χ1) is 5.82. The zero-order chi connectivity index (χ0) is 11.0. The second-order valence-corrected chi connectivity index (χ2v) is 2.69. The van der Waals surface area contributed by atoms with Gasteiger partial charge in [0.1, 0.15) is 6.10 Å². The van der Waals surface area contributed by atoms with Crippen LogP contribution >= 0.6 is 0 Å². The Balaban J connectivity index is -0.000000163. The van der Waals surface area contributed by atoms with Crippen LogP contribution < -0.4 is 0 Å². The average molecular weight is 209 g/mol. The topological polar surface area (TPSA) is 114 Å². The van der Waals surface area contributed by atoms with Crippen molar-refractivity contribution in [3.05, 3.63) is 0 Å². The molecule has 1 atom stereocenters. The number of methoxy groups -OCH3 is 1. The van der Waals surface area contributed by atoms with Gasteiger partial charge >= 0.3 is 11.9 Å². The van der Waals surface area contributed by atoms with Gasteiger partial charge in [-0.2, -0.15) is 0 Å². The van der Waals surface area contributed by atoms with E-state index in [0.29, 0.717) is 0 Å². The van der Waals surface area contributed by atoms with Crippen molar-refractivity contribution in [2.75, 3.05) is 7.11 Å². The van der Waals surface area contributed by atoms with Crippen LogP contribution in [0.25, 0.3) is 0 Å². The molecule has 0 fully saturated rings. The predicted molar refractivity (Wildman–Crippen MR) is 48.1 cm³/mol. The lowest BCUT2D eigenvalue weighted by molar-refractivity contribution is -0.145. The summed E-state index contributed by atoms with van der Waals surface area (Å²) in [5.41, 5.74) is 0. The van der Waals surface area contributed by atoms with Crippen LogP contribution in [-0.2, 0) is 14.3 Å². The Labute approximate surface area is 82.8 Å². The molecule has 0 aromatic heterocycles. The monoisotopic (exact) mass is 209 g/mol. The van der Waals surface area contributed by atoms with Crippen molar-refractivity contribution in [2.24, 2.45) is 5.92 Å². The highest BCUT2D eigenvalue weighted by atomic mass is 16.5. The van der Waals surface area contributed by atoms with Gasteiger partial charge in [0.25, 0.3) is 0 Å². The second kappa shape index (κ2) is 9.94. The van der Waals surface area contributed by atoms with E-state index in [2.05, 4.69) is 4.74 Å². The first-order valence-electron chi connectivity index (χ1n) is 3.81. The molecule has 6 nitrogen and oxygen atoms in total. The summed E-state index contributed by atoms with van der Waals surface area (Å²) in [4.78, 5) is 19.7. The number of carbonyl (C=O) groups is 2. The zero-order valence-electron chi connectivity index (χ0n) is 8.72. The van der Waals surface area contributed by atoms with Crippen molar-refractivity contribution in [2.45, 2.75) is 26.9 Å². The minimum Gasteiger partial charge on any atom is -0.870 e. The van der Waals surface area contributed by atoms with Gasteiger partial charge in [-0.3, -0.25) is 4.79 Å². The SMILES string of the molecule is CC(O)C(=O)O.COC(=O)C(C)C.[OH-]. The van der Waals surface area contributed by atoms with Gasteiger partial charge in [-0.15, -0.1) is 0 Å². The fourth-order valence-electron chi connectivity index (χ4n) is 0.236. The summed E-state index contributed by atoms with van der Waals surface area (Å²) < 4.78 is 4.37. The van der Waals surface area contributed by atoms with Crippen molar-refractivity contribution >= 4 is 11.9 Å². The molecule has 3 N–H and O–H groups in total. The minimum atomic E-state index is -1.23. The first-order valence-corrected chi connectivity index (χ1v) is 3.81. The molecule has 0 radical (unpaired) electrons. The van der Waals surface area contributed by atoms with E-state index in [1.807, 2.05) is 0 Å². The maximum absolute atomic E-state index is 10.3. The number of hydrogen-bond acceptors (Lipinski definition) is 5. The summed E-state index contributed by atoms with van der Waals surface area (Å²) in [7, 11) is 1.39. The van der Waals surface area contributed by atoms with Gasteiger partial charge in [0.2, 0.25) is 0 Å². The summed E-state index contributed by atoms with van der Waals surface area (Å²) in [6.07, 6.45) is -1.23. The van der Waals surface area contributed by atoms with E-state index in [1.54, 1.807) is 13.8 Å². The van der Waals surface area contributed by atoms with Crippen molar-refractivity contribution in [3.8, 4) is 0 Å². The van der Waals surface area contributed by atoms with Crippen LogP contribution in [0.15, 0.2) is 0 Å². The summed E-state index contributed by atoms with van der Waals surface area (Å²) in [5, 5.41) is 15.8. The molecule has 0 aromatic rings. The Bertz CT molecular complexity index is 163. The van der Waals surface area contributed by atoms with Crippen LogP contribution in [0.3, 0.4) is 0 Å². The highest BCUT2D eigenvalue weighted by Gasteiger charge is 2.03. The number of esters is 1. The first kappa shape index (κ1) is 18.6. The molecule has 1 unspecified atom stereocenters. The van der Waals surface area contributed by atoms with Crippen LogP contribution in [-0.4, -0.2) is 40.8 Å². The largest absolute Gasteiger partial charge is 0.870 e. The average Bonchev–Trinajstić information content (AvgIpc) is 2.03. The standard InChI is InChI=1S/C5H10O2.C3H6O3.H2O/c1-4(2)5(6)7-3;1-2(4)3(5)6;/h4H,1-3H3;2,4H,1H3,(H,5,6);1H2/p-1. The molecule has 14 heavy (non-hydrogen) atoms. The van der Waals surface area contributed by atoms with Crippen LogP contribution in [0.5, 0.6) is 0 Å². The summed E-state index contributed by atoms with van der Waals surface area (Å²) in [6, 6.07) is 0. The number of hydrogen-bond donors (Lipinski definition) is 2. The number of carbonyl (C=O) groups excluding carboxylic acids is 1. The molecule has 0 amide bonds. The molecular formula is C8H17O6-. The third-order valence-electron chi connectivity index (χ3n) is 1.03. The van der Waals surface area contributed by atoms with Crippen molar-refractivity contribution < 1.29 is 30.0 Å². The van der Waals surface area contributed by atoms with Crippen LogP contribution in [0.4, 0.5) is 0 Å². The lowest BCUT2D eigenvalue weighted by Gasteiger charge is -1.97. The molecule has 0 aliphatic rings. The third-order valence-corrected chi connectivity index (χ3v) is 1.03. The van der Waals surface area contributed by atoms with Crippen molar-refractivity contribution in [1.29, 1.82) is 0 Å². The number of aliphatic hydroxyl groups is 1. The molecule has 86 valence electrons. The lowest BCUT2D eigenvalue weighted by atomic mass is 10.2. The van der Waals surface area contributed by atoms with Crippen LogP contribution in [0, 0.1) is 5.92 Å². The molecule has 0 bridgehead atoms. The van der Waals surface area contributed by atoms with E-state index in [-0.39, 0.29) is 17.4 Å². The molecule has 0 saturated heterocycles. The lowest BCUT2D eigenvalue weighted by Crippen LogP contribution is -2.13. The van der Waals surface area contributed by atoms with E-state index in [1.165, 1.54) is 14.0 Å². The Morgan fingerprint density at radius 3 is 1.50 bits per heavy atom. The number of carboxylic acids is 1. The molecule has 0 heterocycles. The minimum absolute atomic E-state index is 0. The maximum Gasteiger partial charge on any atom is 0.332 e. The number of carboxylic acid groups (broad SMARTS) is 1. The van der Waals surface area contributed by atoms with E-state index < -0.39 is 12.1 Å². The van der Waals surface area contributed by atoms with Crippen LogP contribution in [0.2, 0.25) is 0 Å². The summed E-state index contributed by atoms with van der Waals surface area (Å²) >= 11 is 0. The molecule has 0 aromatic carbocycles. The van der Waals surface area contributed by atoms with Gasteiger partial charge in [-0.25, -0.2) is 4.79 Å². The normalized spacial score (nSPS) is 10.4. The molecule has 0 spiro atoms. The van der Waals surface area contributed by atoms with E-state index >= 15 is 0 Å². The Morgan fingerprint density at radius 2 is 1.50 bits per heavy atom. The summed E-state index contributed by atoms with van der Waals surface area (Å²) in [5.74, 6) is -1.33. The maximum atomic E-state index is 10.3. The molecular weight excluding hydrogens is 192 g/mol. The molecule has 0 aliphatic carbocycles. The van der Waals surface area contributed by atoms with Gasteiger partial charge < -0.3 is 20.4 Å². The van der Waals surface area contributed by atoms with Crippen LogP contribution in [0.1, 0.15) is 20.8 Å². The Hall–Kier alpha value is -1.14. The van der Waals surface area contributed by atoms with E-state index in [0.717, 1.165) is 0 Å². The number of aliphatic hydroxyl groups excluding tert-OH is 1. The van der Waals surface area contributed by atoms with Gasteiger partial charge in [-0.05, 0) is 6.92 Å². The smallest absolute Gasteiger partial charge is 0.332 e. The molecule has 0 rings (SSSR count). The van der Waals surface area contributed by atoms with E-state index in [9.17, 15) is 9.59 Å².